The molecule has 1 aliphatic rings. The van der Waals surface area contributed by atoms with Crippen LogP contribution in [0.5, 0.6) is 11.5 Å². The number of thioether (sulfide) groups is 1. The summed E-state index contributed by atoms with van der Waals surface area (Å²) in [6.45, 7) is -0.328. The molecule has 0 aromatic heterocycles. The number of nitrogens with zero attached hydrogens (tertiary/aromatic N) is 1. The van der Waals surface area contributed by atoms with E-state index >= 15 is 0 Å². The van der Waals surface area contributed by atoms with Crippen molar-refractivity contribution in [2.75, 3.05) is 13.7 Å². The number of phenolic OH excluding ortho intramolecular Hbond substituents is 1. The number of hydrogen-bond donors (Lipinski definition) is 1. The number of imide groups is 1. The standard InChI is InChI=1S/C25H19NO5S/c1-31-22-13-16(7-12-20(22)27)14-23-24(29)26(25(30)32-23)15-21(28)19-10-8-18(9-11-19)17-5-3-2-4-6-17/h2-14,27H,15H2,1H3/b23-14-. The van der Waals surface area contributed by atoms with E-state index in [4.69, 9.17) is 4.74 Å². The molecule has 4 rings (SSSR count). The third-order valence-electron chi connectivity index (χ3n) is 4.99. The van der Waals surface area contributed by atoms with Crippen molar-refractivity contribution in [1.29, 1.82) is 0 Å². The third-order valence-corrected chi connectivity index (χ3v) is 5.90. The van der Waals surface area contributed by atoms with Gasteiger partial charge in [0, 0.05) is 5.56 Å². The molecule has 0 unspecified atom stereocenters. The summed E-state index contributed by atoms with van der Waals surface area (Å²) in [4.78, 5) is 39.0. The molecule has 7 heteroatoms. The Bertz CT molecular complexity index is 1220. The van der Waals surface area contributed by atoms with Crippen molar-refractivity contribution in [3.05, 3.63) is 88.8 Å². The number of carbonyl (C=O) groups excluding carboxylic acids is 3. The Morgan fingerprint density at radius 3 is 2.38 bits per heavy atom. The summed E-state index contributed by atoms with van der Waals surface area (Å²) in [7, 11) is 1.42. The van der Waals surface area contributed by atoms with Gasteiger partial charge in [0.15, 0.2) is 17.3 Å². The maximum absolute atomic E-state index is 12.7. The number of aromatic hydroxyl groups is 1. The zero-order valence-corrected chi connectivity index (χ0v) is 18.0. The molecule has 0 bridgehead atoms. The van der Waals surface area contributed by atoms with Gasteiger partial charge in [-0.3, -0.25) is 19.3 Å². The molecule has 0 atom stereocenters. The lowest BCUT2D eigenvalue weighted by atomic mass is 10.0. The number of amides is 2. The molecule has 6 nitrogen and oxygen atoms in total. The van der Waals surface area contributed by atoms with Gasteiger partial charge in [-0.15, -0.1) is 0 Å². The van der Waals surface area contributed by atoms with Gasteiger partial charge in [0.1, 0.15) is 0 Å². The fourth-order valence-electron chi connectivity index (χ4n) is 3.29. The summed E-state index contributed by atoms with van der Waals surface area (Å²) >= 11 is 0.774. The number of rotatable bonds is 6. The van der Waals surface area contributed by atoms with E-state index in [1.54, 1.807) is 24.3 Å². The van der Waals surface area contributed by atoms with Crippen LogP contribution in [0.25, 0.3) is 17.2 Å². The molecule has 0 saturated carbocycles. The Labute approximate surface area is 189 Å². The highest BCUT2D eigenvalue weighted by molar-refractivity contribution is 8.18. The van der Waals surface area contributed by atoms with Crippen LogP contribution in [-0.2, 0) is 4.79 Å². The van der Waals surface area contributed by atoms with Gasteiger partial charge in [-0.2, -0.15) is 0 Å². The van der Waals surface area contributed by atoms with Crippen molar-refractivity contribution in [2.24, 2.45) is 0 Å². The maximum atomic E-state index is 12.7. The molecule has 32 heavy (non-hydrogen) atoms. The number of ether oxygens (including phenoxy) is 1. The molecule has 0 aliphatic carbocycles. The quantitative estimate of drug-likeness (QED) is 0.425. The molecule has 2 amide bonds. The van der Waals surface area contributed by atoms with Gasteiger partial charge in [0.2, 0.25) is 0 Å². The fraction of sp³-hybridized carbons (Fsp3) is 0.0800. The van der Waals surface area contributed by atoms with Crippen molar-refractivity contribution in [1.82, 2.24) is 4.90 Å². The molecule has 1 saturated heterocycles. The molecular weight excluding hydrogens is 426 g/mol. The first-order valence-corrected chi connectivity index (χ1v) is 10.6. The molecule has 160 valence electrons. The highest BCUT2D eigenvalue weighted by Gasteiger charge is 2.36. The monoisotopic (exact) mass is 445 g/mol. The van der Waals surface area contributed by atoms with Crippen LogP contribution >= 0.6 is 11.8 Å². The largest absolute Gasteiger partial charge is 0.504 e. The van der Waals surface area contributed by atoms with Crippen molar-refractivity contribution in [3.63, 3.8) is 0 Å². The van der Waals surface area contributed by atoms with Gasteiger partial charge in [-0.1, -0.05) is 60.7 Å². The lowest BCUT2D eigenvalue weighted by molar-refractivity contribution is -0.122. The Morgan fingerprint density at radius 1 is 1.00 bits per heavy atom. The molecule has 3 aromatic carbocycles. The van der Waals surface area contributed by atoms with Gasteiger partial charge in [-0.05, 0) is 46.7 Å². The number of ketones is 1. The van der Waals surface area contributed by atoms with Crippen molar-refractivity contribution >= 4 is 34.8 Å². The second-order valence-electron chi connectivity index (χ2n) is 7.07. The summed E-state index contributed by atoms with van der Waals surface area (Å²) in [5.41, 5.74) is 3.03. The number of methoxy groups -OCH3 is 1. The van der Waals surface area contributed by atoms with Crippen LogP contribution < -0.4 is 4.74 Å². The zero-order chi connectivity index (χ0) is 22.7. The van der Waals surface area contributed by atoms with Crippen LogP contribution in [0.3, 0.4) is 0 Å². The fourth-order valence-corrected chi connectivity index (χ4v) is 4.12. The van der Waals surface area contributed by atoms with E-state index in [9.17, 15) is 19.5 Å². The van der Waals surface area contributed by atoms with Crippen molar-refractivity contribution in [2.45, 2.75) is 0 Å². The van der Waals surface area contributed by atoms with Gasteiger partial charge >= 0.3 is 0 Å². The second kappa shape index (κ2) is 9.11. The summed E-state index contributed by atoms with van der Waals surface area (Å²) in [6.07, 6.45) is 1.53. The molecule has 1 aliphatic heterocycles. The summed E-state index contributed by atoms with van der Waals surface area (Å²) in [5.74, 6) is -0.616. The number of benzene rings is 3. The Kier molecular flexibility index (Phi) is 6.09. The summed E-state index contributed by atoms with van der Waals surface area (Å²) in [5, 5.41) is 9.20. The lowest BCUT2D eigenvalue weighted by Gasteiger charge is -2.11. The molecule has 0 spiro atoms. The predicted octanol–water partition coefficient (Wildman–Crippen LogP) is 4.99. The highest BCUT2D eigenvalue weighted by atomic mass is 32.2. The normalized spacial score (nSPS) is 14.8. The molecule has 0 radical (unpaired) electrons. The SMILES string of the molecule is COc1cc(/C=C2\SC(=O)N(CC(=O)c3ccc(-c4ccccc4)cc3)C2=O)ccc1O. The Balaban J connectivity index is 1.48. The molecule has 1 heterocycles. The number of phenols is 1. The van der Waals surface area contributed by atoms with Gasteiger partial charge in [0.25, 0.3) is 11.1 Å². The average molecular weight is 445 g/mol. The maximum Gasteiger partial charge on any atom is 0.293 e. The molecule has 1 N–H and O–H groups in total. The van der Waals surface area contributed by atoms with Crippen LogP contribution in [0.2, 0.25) is 0 Å². The Hall–Kier alpha value is -3.84. The van der Waals surface area contributed by atoms with Crippen LogP contribution in [0.4, 0.5) is 4.79 Å². The van der Waals surface area contributed by atoms with E-state index in [0.29, 0.717) is 11.1 Å². The molecular formula is C25H19NO5S. The first-order valence-electron chi connectivity index (χ1n) is 9.77. The number of hydrogen-bond acceptors (Lipinski definition) is 6. The Morgan fingerprint density at radius 2 is 1.69 bits per heavy atom. The minimum atomic E-state index is -0.527. The minimum absolute atomic E-state index is 0.0263. The first kappa shape index (κ1) is 21.4. The van der Waals surface area contributed by atoms with Crippen molar-refractivity contribution < 1.29 is 24.2 Å². The van der Waals surface area contributed by atoms with E-state index in [0.717, 1.165) is 27.8 Å². The lowest BCUT2D eigenvalue weighted by Crippen LogP contribution is -2.33. The highest BCUT2D eigenvalue weighted by Crippen LogP contribution is 2.34. The topological polar surface area (TPSA) is 83.9 Å². The van der Waals surface area contributed by atoms with Crippen LogP contribution in [0, 0.1) is 0 Å². The van der Waals surface area contributed by atoms with E-state index in [1.807, 2.05) is 42.5 Å². The van der Waals surface area contributed by atoms with Crippen LogP contribution in [-0.4, -0.2) is 40.6 Å². The van der Waals surface area contributed by atoms with E-state index in [-0.39, 0.29) is 28.7 Å². The number of carbonyl (C=O) groups is 3. The molecule has 3 aromatic rings. The summed E-state index contributed by atoms with van der Waals surface area (Å²) < 4.78 is 5.06. The summed E-state index contributed by atoms with van der Waals surface area (Å²) in [6, 6.07) is 21.5. The van der Waals surface area contributed by atoms with Gasteiger partial charge < -0.3 is 9.84 Å². The smallest absolute Gasteiger partial charge is 0.293 e. The van der Waals surface area contributed by atoms with Crippen molar-refractivity contribution in [3.8, 4) is 22.6 Å². The van der Waals surface area contributed by atoms with Gasteiger partial charge in [-0.25, -0.2) is 0 Å². The second-order valence-corrected chi connectivity index (χ2v) is 8.06. The van der Waals surface area contributed by atoms with Gasteiger partial charge in [0.05, 0.1) is 18.6 Å². The zero-order valence-electron chi connectivity index (χ0n) is 17.1. The van der Waals surface area contributed by atoms with Crippen LogP contribution in [0.1, 0.15) is 15.9 Å². The predicted molar refractivity (Wildman–Crippen MR) is 124 cm³/mol. The minimum Gasteiger partial charge on any atom is -0.504 e. The third kappa shape index (κ3) is 4.43. The van der Waals surface area contributed by atoms with E-state index in [2.05, 4.69) is 0 Å². The number of Topliss-reactive ketones (excluding diaryl/α,β-unsaturated/α-hetero) is 1. The average Bonchev–Trinajstić information content (AvgIpc) is 3.08. The van der Waals surface area contributed by atoms with E-state index in [1.165, 1.54) is 19.3 Å². The first-order chi connectivity index (χ1) is 15.5. The molecule has 1 fully saturated rings. The van der Waals surface area contributed by atoms with Crippen LogP contribution in [0.15, 0.2) is 77.7 Å². The van der Waals surface area contributed by atoms with E-state index < -0.39 is 11.1 Å².